The van der Waals surface area contributed by atoms with Crippen molar-refractivity contribution in [1.82, 2.24) is 4.98 Å². The molecule has 2 aromatic rings. The summed E-state index contributed by atoms with van der Waals surface area (Å²) in [5, 5.41) is 0. The lowest BCUT2D eigenvalue weighted by Gasteiger charge is -2.05. The molecule has 2 nitrogen and oxygen atoms in total. The molecule has 1 heterocycles. The Morgan fingerprint density at radius 3 is 2.73 bits per heavy atom. The van der Waals surface area contributed by atoms with E-state index in [0.29, 0.717) is 21.4 Å². The lowest BCUT2D eigenvalue weighted by Crippen LogP contribution is -1.92. The predicted molar refractivity (Wildman–Crippen MR) is 61.7 cm³/mol. The highest BCUT2D eigenvalue weighted by molar-refractivity contribution is 9.10. The van der Waals surface area contributed by atoms with Gasteiger partial charge in [-0.2, -0.15) is 0 Å². The number of nitrogen functional groups attached to an aromatic ring is 1. The van der Waals surface area contributed by atoms with Crippen molar-refractivity contribution in [3.05, 3.63) is 46.8 Å². The van der Waals surface area contributed by atoms with Gasteiger partial charge in [-0.25, -0.2) is 4.39 Å². The molecular weight excluding hydrogens is 259 g/mol. The molecule has 0 unspecified atom stereocenters. The van der Waals surface area contributed by atoms with Gasteiger partial charge in [0.05, 0.1) is 10.2 Å². The summed E-state index contributed by atoms with van der Waals surface area (Å²) in [6.45, 7) is 0. The molecule has 0 saturated heterocycles. The van der Waals surface area contributed by atoms with E-state index in [1.807, 2.05) is 0 Å². The van der Waals surface area contributed by atoms with E-state index in [1.165, 1.54) is 6.07 Å². The van der Waals surface area contributed by atoms with Gasteiger partial charge in [-0.1, -0.05) is 6.07 Å². The summed E-state index contributed by atoms with van der Waals surface area (Å²) in [7, 11) is 0. The van der Waals surface area contributed by atoms with Crippen LogP contribution < -0.4 is 5.73 Å². The molecule has 76 valence electrons. The Morgan fingerprint density at radius 1 is 1.27 bits per heavy atom. The van der Waals surface area contributed by atoms with Crippen LogP contribution in [0.2, 0.25) is 0 Å². The van der Waals surface area contributed by atoms with Crippen molar-refractivity contribution in [3.8, 4) is 11.3 Å². The zero-order chi connectivity index (χ0) is 10.8. The van der Waals surface area contributed by atoms with Gasteiger partial charge in [-0.15, -0.1) is 0 Å². The smallest absolute Gasteiger partial charge is 0.146 e. The van der Waals surface area contributed by atoms with Gasteiger partial charge in [0.2, 0.25) is 0 Å². The Morgan fingerprint density at radius 2 is 2.07 bits per heavy atom. The third-order valence-electron chi connectivity index (χ3n) is 1.99. The normalized spacial score (nSPS) is 10.3. The van der Waals surface area contributed by atoms with E-state index in [4.69, 9.17) is 5.73 Å². The molecule has 0 bridgehead atoms. The Bertz CT molecular complexity index is 485. The molecule has 0 saturated carbocycles. The fourth-order valence-electron chi connectivity index (χ4n) is 1.32. The lowest BCUT2D eigenvalue weighted by molar-refractivity contribution is 0.624. The minimum Gasteiger partial charge on any atom is -0.399 e. The van der Waals surface area contributed by atoms with Gasteiger partial charge < -0.3 is 5.73 Å². The molecule has 0 amide bonds. The van der Waals surface area contributed by atoms with E-state index in [-0.39, 0.29) is 5.82 Å². The Labute approximate surface area is 95.1 Å². The molecule has 2 rings (SSSR count). The summed E-state index contributed by atoms with van der Waals surface area (Å²) in [5.74, 6) is -0.345. The van der Waals surface area contributed by atoms with Crippen LogP contribution in [0.3, 0.4) is 0 Å². The van der Waals surface area contributed by atoms with Crippen LogP contribution in [0.15, 0.2) is 41.0 Å². The second-order valence-electron chi connectivity index (χ2n) is 3.08. The molecule has 1 aromatic heterocycles. The topological polar surface area (TPSA) is 38.9 Å². The van der Waals surface area contributed by atoms with Gasteiger partial charge in [0.15, 0.2) is 0 Å². The van der Waals surface area contributed by atoms with E-state index in [0.717, 1.165) is 0 Å². The Balaban J connectivity index is 2.63. The summed E-state index contributed by atoms with van der Waals surface area (Å²) in [4.78, 5) is 4.08. The third kappa shape index (κ3) is 1.99. The third-order valence-corrected chi connectivity index (χ3v) is 2.57. The van der Waals surface area contributed by atoms with Gasteiger partial charge >= 0.3 is 0 Å². The van der Waals surface area contributed by atoms with Crippen LogP contribution >= 0.6 is 15.9 Å². The fourth-order valence-corrected chi connectivity index (χ4v) is 1.80. The molecule has 0 radical (unpaired) electrons. The van der Waals surface area contributed by atoms with Crippen molar-refractivity contribution in [2.45, 2.75) is 0 Å². The first kappa shape index (κ1) is 10.1. The average Bonchev–Trinajstić information content (AvgIpc) is 2.24. The van der Waals surface area contributed by atoms with Crippen LogP contribution in [0.4, 0.5) is 10.1 Å². The van der Waals surface area contributed by atoms with Crippen molar-refractivity contribution < 1.29 is 4.39 Å². The van der Waals surface area contributed by atoms with Crippen molar-refractivity contribution in [1.29, 1.82) is 0 Å². The molecule has 0 atom stereocenters. The van der Waals surface area contributed by atoms with E-state index in [1.54, 1.807) is 30.5 Å². The van der Waals surface area contributed by atoms with Crippen LogP contribution in [-0.4, -0.2) is 4.98 Å². The van der Waals surface area contributed by atoms with Crippen LogP contribution in [0, 0.1) is 5.82 Å². The Kier molecular flexibility index (Phi) is 2.68. The van der Waals surface area contributed by atoms with E-state index in [9.17, 15) is 4.39 Å². The summed E-state index contributed by atoms with van der Waals surface area (Å²) >= 11 is 3.11. The molecular formula is C11H8BrFN2. The maximum atomic E-state index is 13.7. The number of nitrogens with zero attached hydrogens (tertiary/aromatic N) is 1. The molecule has 0 spiro atoms. The molecule has 1 aromatic carbocycles. The number of anilines is 1. The number of hydrogen-bond acceptors (Lipinski definition) is 2. The van der Waals surface area contributed by atoms with E-state index < -0.39 is 0 Å². The van der Waals surface area contributed by atoms with Gasteiger partial charge in [0.25, 0.3) is 0 Å². The second kappa shape index (κ2) is 3.98. The number of rotatable bonds is 1. The predicted octanol–water partition coefficient (Wildman–Crippen LogP) is 3.23. The fraction of sp³-hybridized carbons (Fsp3) is 0. The largest absolute Gasteiger partial charge is 0.399 e. The first-order valence-corrected chi connectivity index (χ1v) is 5.13. The number of benzene rings is 1. The Hall–Kier alpha value is -1.42. The summed E-state index contributed by atoms with van der Waals surface area (Å²) < 4.78 is 14.1. The van der Waals surface area contributed by atoms with Gasteiger partial charge in [0.1, 0.15) is 5.82 Å². The molecule has 0 aliphatic rings. The monoisotopic (exact) mass is 266 g/mol. The molecule has 0 aliphatic heterocycles. The highest BCUT2D eigenvalue weighted by Crippen LogP contribution is 2.29. The van der Waals surface area contributed by atoms with E-state index in [2.05, 4.69) is 20.9 Å². The number of pyridine rings is 1. The molecule has 15 heavy (non-hydrogen) atoms. The van der Waals surface area contributed by atoms with Gasteiger partial charge in [-0.3, -0.25) is 4.98 Å². The van der Waals surface area contributed by atoms with Crippen molar-refractivity contribution in [2.75, 3.05) is 5.73 Å². The highest BCUT2D eigenvalue weighted by atomic mass is 79.9. The van der Waals surface area contributed by atoms with Gasteiger partial charge in [0, 0.05) is 17.4 Å². The number of halogens is 2. The molecule has 0 aliphatic carbocycles. The van der Waals surface area contributed by atoms with Crippen LogP contribution in [0.1, 0.15) is 0 Å². The quantitative estimate of drug-likeness (QED) is 0.805. The number of nitrogens with two attached hydrogens (primary N) is 1. The highest BCUT2D eigenvalue weighted by Gasteiger charge is 2.10. The molecule has 0 fully saturated rings. The first-order chi connectivity index (χ1) is 7.18. The van der Waals surface area contributed by atoms with Crippen molar-refractivity contribution in [2.24, 2.45) is 0 Å². The minimum atomic E-state index is -0.345. The minimum absolute atomic E-state index is 0.345. The first-order valence-electron chi connectivity index (χ1n) is 4.34. The van der Waals surface area contributed by atoms with E-state index >= 15 is 0 Å². The molecule has 2 N–H and O–H groups in total. The average molecular weight is 267 g/mol. The van der Waals surface area contributed by atoms with Gasteiger partial charge in [-0.05, 0) is 40.2 Å². The second-order valence-corrected chi connectivity index (χ2v) is 3.93. The summed E-state index contributed by atoms with van der Waals surface area (Å²) in [5.41, 5.74) is 7.12. The number of aromatic nitrogens is 1. The SMILES string of the molecule is Nc1cc(Br)c(F)c(-c2ccccn2)c1. The van der Waals surface area contributed by atoms with Crippen LogP contribution in [0.25, 0.3) is 11.3 Å². The zero-order valence-electron chi connectivity index (χ0n) is 7.74. The molecule has 4 heteroatoms. The zero-order valence-corrected chi connectivity index (χ0v) is 9.33. The lowest BCUT2D eigenvalue weighted by atomic mass is 10.1. The maximum absolute atomic E-state index is 13.7. The van der Waals surface area contributed by atoms with Crippen molar-refractivity contribution in [3.63, 3.8) is 0 Å². The maximum Gasteiger partial charge on any atom is 0.146 e. The standard InChI is InChI=1S/C11H8BrFN2/c12-9-6-7(14)5-8(11(9)13)10-3-1-2-4-15-10/h1-6H,14H2. The van der Waals surface area contributed by atoms with Crippen LogP contribution in [-0.2, 0) is 0 Å². The summed E-state index contributed by atoms with van der Waals surface area (Å²) in [6.07, 6.45) is 1.62. The number of hydrogen-bond donors (Lipinski definition) is 1. The summed E-state index contributed by atoms with van der Waals surface area (Å²) in [6, 6.07) is 8.43. The van der Waals surface area contributed by atoms with Crippen molar-refractivity contribution >= 4 is 21.6 Å². The van der Waals surface area contributed by atoms with Crippen LogP contribution in [0.5, 0.6) is 0 Å².